The number of allylic oxidation sites excluding steroid dienone is 1. The smallest absolute Gasteiger partial charge is 0.286 e. The zero-order chi connectivity index (χ0) is 13.5. The highest BCUT2D eigenvalue weighted by atomic mass is 32.2. The fourth-order valence-electron chi connectivity index (χ4n) is 1.42. The molecule has 0 saturated heterocycles. The van der Waals surface area contributed by atoms with Crippen molar-refractivity contribution < 1.29 is 4.79 Å². The lowest BCUT2D eigenvalue weighted by Gasteiger charge is -2.18. The summed E-state index contributed by atoms with van der Waals surface area (Å²) >= 11 is 1.26. The predicted octanol–water partition coefficient (Wildman–Crippen LogP) is 4.42. The van der Waals surface area contributed by atoms with Gasteiger partial charge in [-0.3, -0.25) is 4.79 Å². The monoisotopic (exact) mass is 261 g/mol. The van der Waals surface area contributed by atoms with Crippen molar-refractivity contribution in [1.82, 2.24) is 0 Å². The summed E-state index contributed by atoms with van der Waals surface area (Å²) in [7, 11) is 1.79. The maximum atomic E-state index is 12.1. The lowest BCUT2D eigenvalue weighted by atomic mass is 10.2. The molecule has 1 amide bonds. The van der Waals surface area contributed by atoms with Gasteiger partial charge in [-0.05, 0) is 26.0 Å². The van der Waals surface area contributed by atoms with E-state index in [9.17, 15) is 4.79 Å². The number of rotatable bonds is 4. The van der Waals surface area contributed by atoms with E-state index in [1.807, 2.05) is 50.3 Å². The summed E-state index contributed by atoms with van der Waals surface area (Å²) in [6.07, 6.45) is 5.66. The molecule has 96 valence electrons. The third-order valence-corrected chi connectivity index (χ3v) is 3.64. The molecule has 0 aliphatic carbocycles. The Bertz CT molecular complexity index is 436. The molecule has 18 heavy (non-hydrogen) atoms. The molecule has 1 aromatic rings. The van der Waals surface area contributed by atoms with Gasteiger partial charge in [-0.25, -0.2) is 0 Å². The van der Waals surface area contributed by atoms with Gasteiger partial charge in [-0.1, -0.05) is 47.7 Å². The van der Waals surface area contributed by atoms with Gasteiger partial charge in [-0.2, -0.15) is 0 Å². The average molecular weight is 261 g/mol. The number of thioether (sulfide) groups is 1. The van der Waals surface area contributed by atoms with E-state index in [1.54, 1.807) is 18.0 Å². The van der Waals surface area contributed by atoms with Gasteiger partial charge in [-0.15, -0.1) is 6.58 Å². The number of carbonyl (C=O) groups is 1. The summed E-state index contributed by atoms with van der Waals surface area (Å²) in [5, 5.41) is 0.0391. The Balaban J connectivity index is 2.71. The van der Waals surface area contributed by atoms with Crippen molar-refractivity contribution >= 4 is 22.7 Å². The molecule has 2 nitrogen and oxygen atoms in total. The lowest BCUT2D eigenvalue weighted by Crippen LogP contribution is -2.23. The van der Waals surface area contributed by atoms with Gasteiger partial charge in [0.25, 0.3) is 5.24 Å². The van der Waals surface area contributed by atoms with Crippen LogP contribution in [0.15, 0.2) is 49.1 Å². The summed E-state index contributed by atoms with van der Waals surface area (Å²) in [5.74, 6) is 0. The van der Waals surface area contributed by atoms with Gasteiger partial charge in [0.2, 0.25) is 0 Å². The first-order valence-corrected chi connectivity index (χ1v) is 6.72. The van der Waals surface area contributed by atoms with Crippen LogP contribution in [0.25, 0.3) is 0 Å². The van der Waals surface area contributed by atoms with Crippen LogP contribution in [0, 0.1) is 6.92 Å². The Morgan fingerprint density at radius 1 is 1.39 bits per heavy atom. The van der Waals surface area contributed by atoms with Crippen LogP contribution in [-0.2, 0) is 0 Å². The number of anilines is 1. The molecule has 1 unspecified atom stereocenters. The van der Waals surface area contributed by atoms with Crippen molar-refractivity contribution in [1.29, 1.82) is 0 Å². The fraction of sp³-hybridized carbons (Fsp3) is 0.267. The van der Waals surface area contributed by atoms with E-state index in [1.165, 1.54) is 17.3 Å². The first-order valence-electron chi connectivity index (χ1n) is 5.85. The van der Waals surface area contributed by atoms with E-state index < -0.39 is 0 Å². The average Bonchev–Trinajstić information content (AvgIpc) is 2.38. The topological polar surface area (TPSA) is 20.3 Å². The van der Waals surface area contributed by atoms with Gasteiger partial charge < -0.3 is 4.90 Å². The Labute approximate surface area is 113 Å². The molecule has 0 N–H and O–H groups in total. The molecule has 1 atom stereocenters. The van der Waals surface area contributed by atoms with Crippen LogP contribution in [-0.4, -0.2) is 17.5 Å². The highest BCUT2D eigenvalue weighted by Crippen LogP contribution is 2.22. The lowest BCUT2D eigenvalue weighted by molar-refractivity contribution is 0.266. The third-order valence-electron chi connectivity index (χ3n) is 2.55. The molecule has 0 saturated carbocycles. The van der Waals surface area contributed by atoms with E-state index in [4.69, 9.17) is 0 Å². The van der Waals surface area contributed by atoms with Crippen molar-refractivity contribution in [2.45, 2.75) is 19.1 Å². The Hall–Kier alpha value is -1.48. The first kappa shape index (κ1) is 14.6. The van der Waals surface area contributed by atoms with E-state index in [2.05, 4.69) is 6.58 Å². The van der Waals surface area contributed by atoms with Crippen LogP contribution in [0.4, 0.5) is 10.5 Å². The number of benzene rings is 1. The van der Waals surface area contributed by atoms with Crippen LogP contribution in [0.5, 0.6) is 0 Å². The van der Waals surface area contributed by atoms with Gasteiger partial charge in [0, 0.05) is 18.0 Å². The van der Waals surface area contributed by atoms with E-state index in [-0.39, 0.29) is 10.5 Å². The van der Waals surface area contributed by atoms with Gasteiger partial charge >= 0.3 is 0 Å². The molecule has 1 rings (SSSR count). The van der Waals surface area contributed by atoms with Crippen LogP contribution in [0.1, 0.15) is 12.5 Å². The number of aryl methyl sites for hydroxylation is 1. The zero-order valence-electron chi connectivity index (χ0n) is 11.1. The Morgan fingerprint density at radius 2 is 2.00 bits per heavy atom. The van der Waals surface area contributed by atoms with Crippen LogP contribution in [0.2, 0.25) is 0 Å². The van der Waals surface area contributed by atoms with Gasteiger partial charge in [0.15, 0.2) is 0 Å². The molecule has 0 fully saturated rings. The first-order chi connectivity index (χ1) is 8.58. The van der Waals surface area contributed by atoms with Gasteiger partial charge in [0.05, 0.1) is 0 Å². The minimum absolute atomic E-state index is 0.0156. The normalized spacial score (nSPS) is 12.4. The number of nitrogens with zero attached hydrogens (tertiary/aromatic N) is 1. The quantitative estimate of drug-likeness (QED) is 0.748. The SMILES string of the molecule is C=CC(/C=C/C)SC(=O)N(C)c1ccc(C)cc1. The van der Waals surface area contributed by atoms with E-state index in [0.717, 1.165) is 5.69 Å². The van der Waals surface area contributed by atoms with Crippen molar-refractivity contribution in [3.63, 3.8) is 0 Å². The summed E-state index contributed by atoms with van der Waals surface area (Å²) < 4.78 is 0. The van der Waals surface area contributed by atoms with Crippen molar-refractivity contribution in [2.75, 3.05) is 11.9 Å². The maximum absolute atomic E-state index is 12.1. The molecular weight excluding hydrogens is 242 g/mol. The molecule has 0 bridgehead atoms. The van der Waals surface area contributed by atoms with E-state index >= 15 is 0 Å². The second-order valence-electron chi connectivity index (χ2n) is 4.00. The molecule has 3 heteroatoms. The molecule has 0 aliphatic heterocycles. The van der Waals surface area contributed by atoms with Gasteiger partial charge in [0.1, 0.15) is 0 Å². The van der Waals surface area contributed by atoms with Crippen LogP contribution in [0.3, 0.4) is 0 Å². The van der Waals surface area contributed by atoms with E-state index in [0.29, 0.717) is 0 Å². The number of hydrogen-bond donors (Lipinski definition) is 0. The molecule has 0 aromatic heterocycles. The zero-order valence-corrected chi connectivity index (χ0v) is 11.9. The summed E-state index contributed by atoms with van der Waals surface area (Å²) in [6.45, 7) is 7.70. The number of carbonyl (C=O) groups excluding carboxylic acids is 1. The minimum atomic E-state index is 0.0156. The second-order valence-corrected chi connectivity index (χ2v) is 5.13. The highest BCUT2D eigenvalue weighted by molar-refractivity contribution is 8.14. The number of hydrogen-bond acceptors (Lipinski definition) is 2. The fourth-order valence-corrected chi connectivity index (χ4v) is 2.25. The second kappa shape index (κ2) is 7.07. The predicted molar refractivity (Wildman–Crippen MR) is 81.4 cm³/mol. The molecule has 0 radical (unpaired) electrons. The molecular formula is C15H19NOS. The van der Waals surface area contributed by atoms with Crippen molar-refractivity contribution in [2.24, 2.45) is 0 Å². The third kappa shape index (κ3) is 4.08. The largest absolute Gasteiger partial charge is 0.306 e. The van der Waals surface area contributed by atoms with Crippen LogP contribution >= 0.6 is 11.8 Å². The van der Waals surface area contributed by atoms with Crippen molar-refractivity contribution in [3.05, 3.63) is 54.6 Å². The summed E-state index contributed by atoms with van der Waals surface area (Å²) in [4.78, 5) is 13.7. The molecule has 1 aromatic carbocycles. The minimum Gasteiger partial charge on any atom is -0.306 e. The van der Waals surface area contributed by atoms with Crippen molar-refractivity contribution in [3.8, 4) is 0 Å². The standard InChI is InChI=1S/C15H19NOS/c1-5-7-14(6-2)18-15(17)16(4)13-10-8-12(3)9-11-13/h5-11,14H,2H2,1,3-4H3/b7-5+. The maximum Gasteiger partial charge on any atom is 0.286 e. The molecule has 0 spiro atoms. The highest BCUT2D eigenvalue weighted by Gasteiger charge is 2.14. The molecule has 0 heterocycles. The summed E-state index contributed by atoms with van der Waals surface area (Å²) in [5.41, 5.74) is 2.09. The molecule has 0 aliphatic rings. The summed E-state index contributed by atoms with van der Waals surface area (Å²) in [6, 6.07) is 7.90. The Kier molecular flexibility index (Phi) is 5.72. The van der Waals surface area contributed by atoms with Crippen LogP contribution < -0.4 is 4.90 Å². The number of amides is 1. The Morgan fingerprint density at radius 3 is 2.50 bits per heavy atom.